The smallest absolute Gasteiger partial charge is 0.321 e. The van der Waals surface area contributed by atoms with Crippen molar-refractivity contribution >= 4 is 40.2 Å². The minimum absolute atomic E-state index is 0.196. The highest BCUT2D eigenvalue weighted by Crippen LogP contribution is 2.28. The summed E-state index contributed by atoms with van der Waals surface area (Å²) in [6.45, 7) is 4.50. The zero-order chi connectivity index (χ0) is 15.9. The maximum Gasteiger partial charge on any atom is 0.321 e. The molecule has 0 unspecified atom stereocenters. The van der Waals surface area contributed by atoms with Crippen LogP contribution in [0.25, 0.3) is 0 Å². The van der Waals surface area contributed by atoms with Gasteiger partial charge in [-0.3, -0.25) is 10.1 Å². The Morgan fingerprint density at radius 1 is 1.36 bits per heavy atom. The molecule has 0 radical (unpaired) electrons. The van der Waals surface area contributed by atoms with Crippen LogP contribution in [0.1, 0.15) is 39.5 Å². The van der Waals surface area contributed by atoms with Gasteiger partial charge >= 0.3 is 6.03 Å². The summed E-state index contributed by atoms with van der Waals surface area (Å²) in [5.74, 6) is -0.319. The molecular formula is C13H21N5O2S2. The lowest BCUT2D eigenvalue weighted by Crippen LogP contribution is -2.45. The second-order valence-electron chi connectivity index (χ2n) is 5.11. The number of amides is 3. The fourth-order valence-corrected chi connectivity index (χ4v) is 4.15. The van der Waals surface area contributed by atoms with Crippen LogP contribution in [-0.4, -0.2) is 40.0 Å². The zero-order valence-corrected chi connectivity index (χ0v) is 14.4. The van der Waals surface area contributed by atoms with Crippen molar-refractivity contribution < 1.29 is 9.59 Å². The van der Waals surface area contributed by atoms with E-state index in [-0.39, 0.29) is 11.9 Å². The zero-order valence-electron chi connectivity index (χ0n) is 12.7. The van der Waals surface area contributed by atoms with Crippen LogP contribution in [0.5, 0.6) is 0 Å². The summed E-state index contributed by atoms with van der Waals surface area (Å²) >= 11 is 2.69. The fraction of sp³-hybridized carbons (Fsp3) is 0.692. The highest BCUT2D eigenvalue weighted by molar-refractivity contribution is 8.02. The minimum atomic E-state index is -0.407. The monoisotopic (exact) mass is 343 g/mol. The number of carbonyl (C=O) groups is 2. The molecule has 2 rings (SSSR count). The van der Waals surface area contributed by atoms with Gasteiger partial charge in [-0.15, -0.1) is 10.2 Å². The van der Waals surface area contributed by atoms with Crippen molar-refractivity contribution in [3.05, 3.63) is 0 Å². The number of hydrogen-bond donors (Lipinski definition) is 3. The van der Waals surface area contributed by atoms with Crippen LogP contribution in [-0.2, 0) is 4.79 Å². The number of thioether (sulfide) groups is 1. The molecule has 1 aromatic heterocycles. The van der Waals surface area contributed by atoms with Crippen molar-refractivity contribution in [2.75, 3.05) is 11.9 Å². The average molecular weight is 343 g/mol. The number of urea groups is 1. The lowest BCUT2D eigenvalue weighted by Gasteiger charge is -2.14. The topological polar surface area (TPSA) is 96.0 Å². The van der Waals surface area contributed by atoms with Gasteiger partial charge in [0.25, 0.3) is 0 Å². The Kier molecular flexibility index (Phi) is 6.44. The lowest BCUT2D eigenvalue weighted by molar-refractivity contribution is -0.119. The number of imide groups is 1. The van der Waals surface area contributed by atoms with Gasteiger partial charge in [0, 0.05) is 12.6 Å². The Balaban J connectivity index is 1.76. The lowest BCUT2D eigenvalue weighted by atomic mass is 10.2. The van der Waals surface area contributed by atoms with Crippen LogP contribution in [0, 0.1) is 0 Å². The fourth-order valence-electron chi connectivity index (χ4n) is 2.19. The van der Waals surface area contributed by atoms with Gasteiger partial charge in [-0.25, -0.2) is 4.79 Å². The molecule has 0 bridgehead atoms. The second kappa shape index (κ2) is 8.33. The molecule has 1 aliphatic rings. The van der Waals surface area contributed by atoms with Gasteiger partial charge in [-0.2, -0.15) is 0 Å². The minimum Gasteiger partial charge on any atom is -0.360 e. The first kappa shape index (κ1) is 17.0. The predicted molar refractivity (Wildman–Crippen MR) is 88.3 cm³/mol. The quantitative estimate of drug-likeness (QED) is 0.686. The van der Waals surface area contributed by atoms with E-state index < -0.39 is 11.3 Å². The van der Waals surface area contributed by atoms with Gasteiger partial charge in [0.1, 0.15) is 0 Å². The molecule has 9 heteroatoms. The summed E-state index contributed by atoms with van der Waals surface area (Å²) < 4.78 is 0.704. The summed E-state index contributed by atoms with van der Waals surface area (Å²) in [6, 6.07) is -0.212. The molecule has 0 saturated heterocycles. The van der Waals surface area contributed by atoms with Crippen molar-refractivity contribution in [3.63, 3.8) is 0 Å². The van der Waals surface area contributed by atoms with Crippen LogP contribution in [0.2, 0.25) is 0 Å². The van der Waals surface area contributed by atoms with Crippen molar-refractivity contribution in [2.45, 2.75) is 55.2 Å². The number of nitrogens with one attached hydrogen (secondary N) is 3. The van der Waals surface area contributed by atoms with Crippen molar-refractivity contribution in [1.82, 2.24) is 20.8 Å². The molecule has 3 amide bonds. The number of aromatic nitrogens is 2. The molecule has 7 nitrogen and oxygen atoms in total. The van der Waals surface area contributed by atoms with Gasteiger partial charge in [0.2, 0.25) is 11.0 Å². The summed E-state index contributed by atoms with van der Waals surface area (Å²) in [4.78, 5) is 23.8. The predicted octanol–water partition coefficient (Wildman–Crippen LogP) is 2.22. The van der Waals surface area contributed by atoms with Crippen molar-refractivity contribution in [3.8, 4) is 0 Å². The molecule has 1 aromatic rings. The van der Waals surface area contributed by atoms with Crippen LogP contribution in [0.4, 0.5) is 9.93 Å². The van der Waals surface area contributed by atoms with E-state index in [0.29, 0.717) is 4.34 Å². The molecule has 1 atom stereocenters. The third-order valence-electron chi connectivity index (χ3n) is 3.31. The van der Waals surface area contributed by atoms with E-state index in [1.165, 1.54) is 23.1 Å². The SMILES string of the molecule is CCNc1nnc(S[C@H](C)C(=O)NC(=O)NC2CCCC2)s1. The van der Waals surface area contributed by atoms with E-state index in [1.54, 1.807) is 6.92 Å². The van der Waals surface area contributed by atoms with E-state index in [9.17, 15) is 9.59 Å². The third kappa shape index (κ3) is 5.13. The Bertz CT molecular complexity index is 516. The van der Waals surface area contributed by atoms with Crippen LogP contribution in [0.15, 0.2) is 4.34 Å². The highest BCUT2D eigenvalue weighted by atomic mass is 32.2. The van der Waals surface area contributed by atoms with Gasteiger partial charge in [0.15, 0.2) is 4.34 Å². The molecule has 0 aliphatic heterocycles. The summed E-state index contributed by atoms with van der Waals surface area (Å²) in [7, 11) is 0. The molecule has 3 N–H and O–H groups in total. The third-order valence-corrected chi connectivity index (χ3v) is 5.37. The maximum absolute atomic E-state index is 12.0. The molecule has 0 spiro atoms. The molecule has 0 aromatic carbocycles. The Labute approximate surface area is 138 Å². The van der Waals surface area contributed by atoms with Gasteiger partial charge in [-0.1, -0.05) is 35.9 Å². The molecule has 1 heterocycles. The largest absolute Gasteiger partial charge is 0.360 e. The van der Waals surface area contributed by atoms with Crippen LogP contribution >= 0.6 is 23.1 Å². The summed E-state index contributed by atoms with van der Waals surface area (Å²) in [6.07, 6.45) is 4.25. The van der Waals surface area contributed by atoms with E-state index in [2.05, 4.69) is 26.1 Å². The molecular weight excluding hydrogens is 322 g/mol. The number of carbonyl (C=O) groups excluding carboxylic acids is 2. The Hall–Kier alpha value is -1.35. The van der Waals surface area contributed by atoms with Crippen molar-refractivity contribution in [1.29, 1.82) is 0 Å². The second-order valence-corrected chi connectivity index (χ2v) is 7.67. The van der Waals surface area contributed by atoms with Gasteiger partial charge < -0.3 is 10.6 Å². The van der Waals surface area contributed by atoms with Gasteiger partial charge in [-0.05, 0) is 26.7 Å². The number of rotatable bonds is 6. The van der Waals surface area contributed by atoms with Crippen molar-refractivity contribution in [2.24, 2.45) is 0 Å². The first-order valence-corrected chi connectivity index (χ1v) is 9.13. The standard InChI is InChI=1S/C13H21N5O2S2/c1-3-14-12-17-18-13(22-12)21-8(2)10(19)16-11(20)15-9-6-4-5-7-9/h8-9H,3-7H2,1-2H3,(H,14,17)(H2,15,16,19,20)/t8-/m1/s1. The normalized spacial score (nSPS) is 16.3. The summed E-state index contributed by atoms with van der Waals surface area (Å²) in [5, 5.41) is 16.6. The van der Waals surface area contributed by atoms with E-state index >= 15 is 0 Å². The average Bonchev–Trinajstić information content (AvgIpc) is 3.11. The van der Waals surface area contributed by atoms with Crippen LogP contribution in [0.3, 0.4) is 0 Å². The number of anilines is 1. The highest BCUT2D eigenvalue weighted by Gasteiger charge is 2.22. The van der Waals surface area contributed by atoms with E-state index in [4.69, 9.17) is 0 Å². The Morgan fingerprint density at radius 2 is 2.09 bits per heavy atom. The number of hydrogen-bond acceptors (Lipinski definition) is 7. The van der Waals surface area contributed by atoms with E-state index in [1.807, 2.05) is 6.92 Å². The van der Waals surface area contributed by atoms with Gasteiger partial charge in [0.05, 0.1) is 5.25 Å². The first-order chi connectivity index (χ1) is 10.6. The molecule has 1 saturated carbocycles. The van der Waals surface area contributed by atoms with Crippen LogP contribution < -0.4 is 16.0 Å². The molecule has 1 aliphatic carbocycles. The Morgan fingerprint density at radius 3 is 2.77 bits per heavy atom. The molecule has 1 fully saturated rings. The molecule has 22 heavy (non-hydrogen) atoms. The summed E-state index contributed by atoms with van der Waals surface area (Å²) in [5.41, 5.74) is 0. The first-order valence-electron chi connectivity index (χ1n) is 7.44. The maximum atomic E-state index is 12.0. The molecule has 122 valence electrons. The van der Waals surface area contributed by atoms with E-state index in [0.717, 1.165) is 37.4 Å². The number of nitrogens with zero attached hydrogens (tertiary/aromatic N) is 2.